The molecule has 86 valence electrons. The van der Waals surface area contributed by atoms with Crippen LogP contribution in [0.15, 0.2) is 34.7 Å². The molecule has 2 aromatic heterocycles. The lowest BCUT2D eigenvalue weighted by Gasteiger charge is -1.89. The Morgan fingerprint density at radius 3 is 2.82 bits per heavy atom. The molecule has 0 amide bonds. The zero-order chi connectivity index (χ0) is 11.8. The first-order valence-corrected chi connectivity index (χ1v) is 6.04. The highest BCUT2D eigenvalue weighted by atomic mass is 32.1. The molecule has 4 N–H and O–H groups in total. The van der Waals surface area contributed by atoms with Crippen molar-refractivity contribution in [1.82, 2.24) is 4.98 Å². The lowest BCUT2D eigenvalue weighted by atomic mass is 10.3. The Morgan fingerprint density at radius 2 is 2.12 bits per heavy atom. The van der Waals surface area contributed by atoms with Crippen molar-refractivity contribution in [3.63, 3.8) is 0 Å². The number of rotatable bonds is 2. The Morgan fingerprint density at radius 1 is 1.24 bits per heavy atom. The van der Waals surface area contributed by atoms with Gasteiger partial charge in [-0.15, -0.1) is 11.3 Å². The largest absolute Gasteiger partial charge is 0.435 e. The maximum absolute atomic E-state index is 5.84. The van der Waals surface area contributed by atoms with Crippen LogP contribution < -0.4 is 11.5 Å². The summed E-state index contributed by atoms with van der Waals surface area (Å²) in [5.41, 5.74) is 13.5. The van der Waals surface area contributed by atoms with E-state index in [4.69, 9.17) is 15.9 Å². The van der Waals surface area contributed by atoms with Crippen LogP contribution in [-0.2, 0) is 6.54 Å². The molecule has 0 saturated carbocycles. The fourth-order valence-electron chi connectivity index (χ4n) is 1.68. The Hall–Kier alpha value is -1.85. The number of aromatic nitrogens is 1. The van der Waals surface area contributed by atoms with E-state index in [2.05, 4.69) is 4.98 Å². The Kier molecular flexibility index (Phi) is 2.35. The summed E-state index contributed by atoms with van der Waals surface area (Å²) in [6.45, 7) is 0.535. The number of hydrogen-bond acceptors (Lipinski definition) is 5. The number of anilines is 1. The molecule has 0 saturated heterocycles. The van der Waals surface area contributed by atoms with E-state index in [-0.39, 0.29) is 0 Å². The first-order valence-electron chi connectivity index (χ1n) is 5.22. The molecule has 0 radical (unpaired) electrons. The van der Waals surface area contributed by atoms with Crippen LogP contribution >= 0.6 is 11.3 Å². The van der Waals surface area contributed by atoms with Gasteiger partial charge in [-0.3, -0.25) is 0 Å². The van der Waals surface area contributed by atoms with Gasteiger partial charge in [-0.25, -0.2) is 4.98 Å². The van der Waals surface area contributed by atoms with Gasteiger partial charge in [0.15, 0.2) is 5.58 Å². The monoisotopic (exact) mass is 245 g/mol. The van der Waals surface area contributed by atoms with Crippen LogP contribution in [0.5, 0.6) is 0 Å². The number of para-hydroxylation sites is 1. The summed E-state index contributed by atoms with van der Waals surface area (Å²) in [5.74, 6) is 0.600. The fraction of sp³-hybridized carbons (Fsp3) is 0.0833. The molecule has 0 atom stereocenters. The summed E-state index contributed by atoms with van der Waals surface area (Å²) >= 11 is 1.58. The summed E-state index contributed by atoms with van der Waals surface area (Å²) < 4.78 is 5.67. The van der Waals surface area contributed by atoms with Crippen molar-refractivity contribution < 1.29 is 4.42 Å². The van der Waals surface area contributed by atoms with Crippen LogP contribution in [0.4, 0.5) is 5.69 Å². The third-order valence-corrected chi connectivity index (χ3v) is 3.62. The molecular formula is C12H11N3OS. The van der Waals surface area contributed by atoms with Crippen LogP contribution in [0, 0.1) is 0 Å². The fourth-order valence-corrected chi connectivity index (χ4v) is 2.49. The van der Waals surface area contributed by atoms with E-state index in [0.29, 0.717) is 29.2 Å². The number of nitrogens with two attached hydrogens (primary N) is 2. The van der Waals surface area contributed by atoms with Crippen molar-refractivity contribution in [1.29, 1.82) is 0 Å². The average Bonchev–Trinajstić information content (AvgIpc) is 2.95. The van der Waals surface area contributed by atoms with Gasteiger partial charge in [0.1, 0.15) is 5.52 Å². The third kappa shape index (κ3) is 1.69. The van der Waals surface area contributed by atoms with Crippen LogP contribution in [0.1, 0.15) is 4.88 Å². The van der Waals surface area contributed by atoms with Gasteiger partial charge in [0, 0.05) is 11.4 Å². The SMILES string of the molecule is NCc1ccc(-c2nc3c(N)cccc3o2)s1. The van der Waals surface area contributed by atoms with Gasteiger partial charge >= 0.3 is 0 Å². The van der Waals surface area contributed by atoms with Gasteiger partial charge in [-0.05, 0) is 24.3 Å². The molecule has 2 heterocycles. The maximum Gasteiger partial charge on any atom is 0.237 e. The second-order valence-electron chi connectivity index (χ2n) is 3.68. The predicted octanol–water partition coefficient (Wildman–Crippen LogP) is 2.60. The highest BCUT2D eigenvalue weighted by molar-refractivity contribution is 7.15. The second-order valence-corrected chi connectivity index (χ2v) is 4.85. The zero-order valence-corrected chi connectivity index (χ0v) is 9.83. The predicted molar refractivity (Wildman–Crippen MR) is 69.6 cm³/mol. The number of hydrogen-bond donors (Lipinski definition) is 2. The van der Waals surface area contributed by atoms with E-state index in [0.717, 1.165) is 9.75 Å². The van der Waals surface area contributed by atoms with Crippen molar-refractivity contribution in [2.75, 3.05) is 5.73 Å². The van der Waals surface area contributed by atoms with Crippen molar-refractivity contribution in [2.24, 2.45) is 5.73 Å². The molecule has 3 rings (SSSR count). The van der Waals surface area contributed by atoms with Crippen LogP contribution in [0.25, 0.3) is 21.9 Å². The van der Waals surface area contributed by atoms with E-state index in [1.165, 1.54) is 0 Å². The molecular weight excluding hydrogens is 234 g/mol. The van der Waals surface area contributed by atoms with E-state index >= 15 is 0 Å². The van der Waals surface area contributed by atoms with Crippen molar-refractivity contribution in [2.45, 2.75) is 6.54 Å². The van der Waals surface area contributed by atoms with E-state index in [9.17, 15) is 0 Å². The van der Waals surface area contributed by atoms with Gasteiger partial charge in [-0.2, -0.15) is 0 Å². The molecule has 0 aliphatic heterocycles. The maximum atomic E-state index is 5.84. The molecule has 5 heteroatoms. The molecule has 3 aromatic rings. The minimum atomic E-state index is 0.535. The van der Waals surface area contributed by atoms with Crippen molar-refractivity contribution >= 4 is 28.1 Å². The van der Waals surface area contributed by atoms with E-state index in [1.54, 1.807) is 11.3 Å². The number of thiophene rings is 1. The smallest absolute Gasteiger partial charge is 0.237 e. The Labute approximate surface area is 102 Å². The topological polar surface area (TPSA) is 78.1 Å². The molecule has 0 bridgehead atoms. The van der Waals surface area contributed by atoms with Crippen LogP contribution in [0.3, 0.4) is 0 Å². The molecule has 0 aliphatic carbocycles. The summed E-state index contributed by atoms with van der Waals surface area (Å²) in [6.07, 6.45) is 0. The minimum Gasteiger partial charge on any atom is -0.435 e. The summed E-state index contributed by atoms with van der Waals surface area (Å²) in [7, 11) is 0. The highest BCUT2D eigenvalue weighted by Crippen LogP contribution is 2.31. The number of oxazole rings is 1. The average molecular weight is 245 g/mol. The van der Waals surface area contributed by atoms with Gasteiger partial charge in [0.25, 0.3) is 0 Å². The van der Waals surface area contributed by atoms with Crippen molar-refractivity contribution in [3.05, 3.63) is 35.2 Å². The minimum absolute atomic E-state index is 0.535. The van der Waals surface area contributed by atoms with Gasteiger partial charge in [0.05, 0.1) is 10.6 Å². The molecule has 0 unspecified atom stereocenters. The van der Waals surface area contributed by atoms with Gasteiger partial charge < -0.3 is 15.9 Å². The molecule has 0 fully saturated rings. The molecule has 17 heavy (non-hydrogen) atoms. The number of fused-ring (bicyclic) bond motifs is 1. The second kappa shape index (κ2) is 3.87. The number of benzene rings is 1. The first kappa shape index (κ1) is 10.3. The summed E-state index contributed by atoms with van der Waals surface area (Å²) in [4.78, 5) is 6.49. The lowest BCUT2D eigenvalue weighted by molar-refractivity contribution is 0.621. The summed E-state index contributed by atoms with van der Waals surface area (Å²) in [5, 5.41) is 0. The highest BCUT2D eigenvalue weighted by Gasteiger charge is 2.11. The molecule has 0 spiro atoms. The number of nitrogens with zero attached hydrogens (tertiary/aromatic N) is 1. The van der Waals surface area contributed by atoms with Gasteiger partial charge in [-0.1, -0.05) is 6.07 Å². The Balaban J connectivity index is 2.14. The lowest BCUT2D eigenvalue weighted by Crippen LogP contribution is -1.90. The van der Waals surface area contributed by atoms with E-state index < -0.39 is 0 Å². The van der Waals surface area contributed by atoms with Crippen molar-refractivity contribution in [3.8, 4) is 10.8 Å². The molecule has 1 aromatic carbocycles. The number of nitrogen functional groups attached to an aromatic ring is 1. The first-order chi connectivity index (χ1) is 8.28. The normalized spacial score (nSPS) is 11.1. The standard InChI is InChI=1S/C12H11N3OS/c13-6-7-4-5-10(17-7)12-15-11-8(14)2-1-3-9(11)16-12/h1-5H,6,13-14H2. The molecule has 4 nitrogen and oxygen atoms in total. The third-order valence-electron chi connectivity index (χ3n) is 2.52. The quantitative estimate of drug-likeness (QED) is 0.680. The van der Waals surface area contributed by atoms with Crippen LogP contribution in [-0.4, -0.2) is 4.98 Å². The van der Waals surface area contributed by atoms with E-state index in [1.807, 2.05) is 30.3 Å². The summed E-state index contributed by atoms with van der Waals surface area (Å²) in [6, 6.07) is 9.48. The van der Waals surface area contributed by atoms with Crippen LogP contribution in [0.2, 0.25) is 0 Å². The molecule has 0 aliphatic rings. The van der Waals surface area contributed by atoms with Gasteiger partial charge in [0.2, 0.25) is 5.89 Å². The zero-order valence-electron chi connectivity index (χ0n) is 9.01. The Bertz CT molecular complexity index is 671.